The molecule has 0 N–H and O–H groups in total. The Balaban J connectivity index is 1.69. The zero-order valence-electron chi connectivity index (χ0n) is 13.0. The zero-order valence-corrected chi connectivity index (χ0v) is 13.0. The molecule has 2 unspecified atom stereocenters. The van der Waals surface area contributed by atoms with E-state index in [4.69, 9.17) is 0 Å². The smallest absolute Gasteiger partial charge is 0.146 e. The second kappa shape index (κ2) is 5.82. The first-order chi connectivity index (χ1) is 9.65. The number of rotatable bonds is 4. The second-order valence-electron chi connectivity index (χ2n) is 6.73. The highest BCUT2D eigenvalue weighted by Crippen LogP contribution is 2.30. The van der Waals surface area contributed by atoms with Gasteiger partial charge < -0.3 is 4.57 Å². The number of hydrogen-bond acceptors (Lipinski definition) is 4. The normalized spacial score (nSPS) is 28.8. The van der Waals surface area contributed by atoms with Gasteiger partial charge in [-0.15, -0.1) is 10.2 Å². The van der Waals surface area contributed by atoms with Crippen LogP contribution in [-0.4, -0.2) is 56.3 Å². The van der Waals surface area contributed by atoms with Crippen LogP contribution in [0.2, 0.25) is 0 Å². The molecular weight excluding hydrogens is 250 g/mol. The van der Waals surface area contributed by atoms with Crippen molar-refractivity contribution in [3.8, 4) is 0 Å². The predicted octanol–water partition coefficient (Wildman–Crippen LogP) is 1.51. The molecule has 0 bridgehead atoms. The number of hydrogen-bond donors (Lipinski definition) is 0. The van der Waals surface area contributed by atoms with Gasteiger partial charge in [0.2, 0.25) is 0 Å². The third-order valence-electron chi connectivity index (χ3n) is 5.00. The lowest BCUT2D eigenvalue weighted by molar-refractivity contribution is 0.186. The van der Waals surface area contributed by atoms with E-state index in [9.17, 15) is 0 Å². The van der Waals surface area contributed by atoms with Crippen molar-refractivity contribution >= 4 is 0 Å². The third kappa shape index (κ3) is 2.74. The maximum absolute atomic E-state index is 4.25. The van der Waals surface area contributed by atoms with Crippen LogP contribution in [0.15, 0.2) is 6.33 Å². The second-order valence-corrected chi connectivity index (χ2v) is 6.73. The summed E-state index contributed by atoms with van der Waals surface area (Å²) >= 11 is 0. The molecule has 2 aliphatic rings. The van der Waals surface area contributed by atoms with E-state index in [2.05, 4.69) is 33.8 Å². The Labute approximate surface area is 122 Å². The fraction of sp³-hybridized carbons (Fsp3) is 0.867. The van der Waals surface area contributed by atoms with E-state index in [1.165, 1.54) is 38.9 Å². The van der Waals surface area contributed by atoms with Crippen molar-refractivity contribution in [2.75, 3.05) is 19.6 Å². The summed E-state index contributed by atoms with van der Waals surface area (Å²) in [5, 5.41) is 8.26. The largest absolute Gasteiger partial charge is 0.320 e. The average Bonchev–Trinajstić information content (AvgIpc) is 3.11. The molecule has 0 spiro atoms. The Morgan fingerprint density at radius 2 is 2.05 bits per heavy atom. The first-order valence-electron chi connectivity index (χ1n) is 7.96. The zero-order chi connectivity index (χ0) is 14.1. The van der Waals surface area contributed by atoms with Gasteiger partial charge in [0.15, 0.2) is 0 Å². The van der Waals surface area contributed by atoms with E-state index in [1.54, 1.807) is 6.33 Å². The van der Waals surface area contributed by atoms with Gasteiger partial charge in [0.1, 0.15) is 12.2 Å². The third-order valence-corrected chi connectivity index (χ3v) is 5.00. The summed E-state index contributed by atoms with van der Waals surface area (Å²) in [5.41, 5.74) is 0. The summed E-state index contributed by atoms with van der Waals surface area (Å²) in [6, 6.07) is 1.43. The number of likely N-dealkylation sites (tertiary alicyclic amines) is 2. The highest BCUT2D eigenvalue weighted by molar-refractivity contribution is 4.96. The molecule has 3 heterocycles. The van der Waals surface area contributed by atoms with Crippen LogP contribution < -0.4 is 0 Å². The molecule has 5 heteroatoms. The molecule has 1 aromatic rings. The Morgan fingerprint density at radius 1 is 1.30 bits per heavy atom. The van der Waals surface area contributed by atoms with Gasteiger partial charge in [-0.2, -0.15) is 0 Å². The van der Waals surface area contributed by atoms with E-state index in [1.807, 2.05) is 11.6 Å². The lowest BCUT2D eigenvalue weighted by atomic mass is 10.00. The highest BCUT2D eigenvalue weighted by Gasteiger charge is 2.37. The monoisotopic (exact) mass is 277 g/mol. The van der Waals surface area contributed by atoms with Crippen LogP contribution in [0.3, 0.4) is 0 Å². The molecule has 0 aliphatic carbocycles. The lowest BCUT2D eigenvalue weighted by Crippen LogP contribution is -2.36. The molecule has 20 heavy (non-hydrogen) atoms. The van der Waals surface area contributed by atoms with Gasteiger partial charge >= 0.3 is 0 Å². The Morgan fingerprint density at radius 3 is 2.65 bits per heavy atom. The Hall–Kier alpha value is -0.940. The molecule has 0 saturated carbocycles. The number of nitrogens with zero attached hydrogens (tertiary/aromatic N) is 5. The summed E-state index contributed by atoms with van der Waals surface area (Å²) in [5.74, 6) is 1.79. The number of aryl methyl sites for hydroxylation is 1. The van der Waals surface area contributed by atoms with E-state index < -0.39 is 0 Å². The minimum Gasteiger partial charge on any atom is -0.320 e. The SMILES string of the molecule is CC(C)C1CC(N2CCCC2)CN1Cc1nncn1C. The quantitative estimate of drug-likeness (QED) is 0.836. The van der Waals surface area contributed by atoms with Gasteiger partial charge in [0.05, 0.1) is 6.54 Å². The van der Waals surface area contributed by atoms with Crippen molar-refractivity contribution in [1.82, 2.24) is 24.6 Å². The highest BCUT2D eigenvalue weighted by atomic mass is 15.3. The van der Waals surface area contributed by atoms with Crippen LogP contribution in [0.4, 0.5) is 0 Å². The van der Waals surface area contributed by atoms with Crippen molar-refractivity contribution in [3.05, 3.63) is 12.2 Å². The number of aromatic nitrogens is 3. The summed E-state index contributed by atoms with van der Waals surface area (Å²) < 4.78 is 2.04. The minimum atomic E-state index is 0.678. The van der Waals surface area contributed by atoms with Crippen molar-refractivity contribution in [2.45, 2.75) is 51.7 Å². The molecular formula is C15H27N5. The maximum atomic E-state index is 4.25. The van der Waals surface area contributed by atoms with Crippen molar-refractivity contribution in [2.24, 2.45) is 13.0 Å². The molecule has 0 radical (unpaired) electrons. The van der Waals surface area contributed by atoms with Gasteiger partial charge in [-0.25, -0.2) is 0 Å². The van der Waals surface area contributed by atoms with Crippen molar-refractivity contribution < 1.29 is 0 Å². The standard InChI is InChI=1S/C15H27N5/c1-12(2)14-8-13(19-6-4-5-7-19)9-20(14)10-15-17-16-11-18(15)3/h11-14H,4-10H2,1-3H3. The van der Waals surface area contributed by atoms with Gasteiger partial charge in [-0.05, 0) is 38.3 Å². The van der Waals surface area contributed by atoms with Gasteiger partial charge in [0, 0.05) is 25.7 Å². The van der Waals surface area contributed by atoms with Crippen LogP contribution in [0.5, 0.6) is 0 Å². The topological polar surface area (TPSA) is 37.2 Å². The van der Waals surface area contributed by atoms with Crippen LogP contribution in [0, 0.1) is 5.92 Å². The Bertz CT molecular complexity index is 435. The van der Waals surface area contributed by atoms with Gasteiger partial charge in [-0.1, -0.05) is 13.8 Å². The maximum Gasteiger partial charge on any atom is 0.146 e. The molecule has 1 aromatic heterocycles. The molecule has 0 aromatic carbocycles. The van der Waals surface area contributed by atoms with Gasteiger partial charge in [0.25, 0.3) is 0 Å². The van der Waals surface area contributed by atoms with Crippen LogP contribution in [0.25, 0.3) is 0 Å². The summed E-state index contributed by atoms with van der Waals surface area (Å²) in [6.07, 6.45) is 5.88. The molecule has 112 valence electrons. The molecule has 2 aliphatic heterocycles. The van der Waals surface area contributed by atoms with Crippen LogP contribution in [0.1, 0.15) is 38.9 Å². The molecule has 0 amide bonds. The fourth-order valence-electron chi connectivity index (χ4n) is 3.79. The molecule has 2 fully saturated rings. The summed E-state index contributed by atoms with van der Waals surface area (Å²) in [6.45, 7) is 9.42. The minimum absolute atomic E-state index is 0.678. The summed E-state index contributed by atoms with van der Waals surface area (Å²) in [4.78, 5) is 5.32. The van der Waals surface area contributed by atoms with Crippen LogP contribution >= 0.6 is 0 Å². The predicted molar refractivity (Wildman–Crippen MR) is 79.3 cm³/mol. The Kier molecular flexibility index (Phi) is 4.08. The first-order valence-corrected chi connectivity index (χ1v) is 7.96. The molecule has 2 saturated heterocycles. The van der Waals surface area contributed by atoms with E-state index >= 15 is 0 Å². The molecule has 5 nitrogen and oxygen atoms in total. The van der Waals surface area contributed by atoms with Crippen LogP contribution in [-0.2, 0) is 13.6 Å². The van der Waals surface area contributed by atoms with Gasteiger partial charge in [-0.3, -0.25) is 9.80 Å². The molecule has 2 atom stereocenters. The first kappa shape index (κ1) is 14.0. The van der Waals surface area contributed by atoms with Crippen molar-refractivity contribution in [1.29, 1.82) is 0 Å². The summed E-state index contributed by atoms with van der Waals surface area (Å²) in [7, 11) is 2.04. The van der Waals surface area contributed by atoms with Crippen molar-refractivity contribution in [3.63, 3.8) is 0 Å². The fourth-order valence-corrected chi connectivity index (χ4v) is 3.79. The van der Waals surface area contributed by atoms with E-state index in [0.29, 0.717) is 12.0 Å². The molecule has 3 rings (SSSR count). The average molecular weight is 277 g/mol. The van der Waals surface area contributed by atoms with E-state index in [0.717, 1.165) is 18.4 Å². The van der Waals surface area contributed by atoms with E-state index in [-0.39, 0.29) is 0 Å². The lowest BCUT2D eigenvalue weighted by Gasteiger charge is -2.26.